The van der Waals surface area contributed by atoms with Crippen molar-refractivity contribution in [2.45, 2.75) is 13.8 Å². The molecule has 174 valence electrons. The predicted molar refractivity (Wildman–Crippen MR) is 139 cm³/mol. The zero-order chi connectivity index (χ0) is 24.1. The quantitative estimate of drug-likeness (QED) is 0.326. The Bertz CT molecular complexity index is 1420. The molecule has 4 aromatic rings. The molecule has 0 radical (unpaired) electrons. The third-order valence-electron chi connectivity index (χ3n) is 5.07. The van der Waals surface area contributed by atoms with Gasteiger partial charge in [-0.3, -0.25) is 9.52 Å². The molecule has 0 aliphatic heterocycles. The Morgan fingerprint density at radius 1 is 1.12 bits per heavy atom. The third kappa shape index (κ3) is 5.62. The first-order chi connectivity index (χ1) is 16.3. The van der Waals surface area contributed by atoms with E-state index in [9.17, 15) is 13.2 Å². The van der Waals surface area contributed by atoms with Crippen molar-refractivity contribution in [1.29, 1.82) is 0 Å². The zero-order valence-corrected chi connectivity index (χ0v) is 20.4. The fraction of sp³-hybridized carbons (Fsp3) is 0.120. The summed E-state index contributed by atoms with van der Waals surface area (Å²) >= 11 is 1.58. The topological polar surface area (TPSA) is 93.1 Å². The number of aryl methyl sites for hydroxylation is 1. The number of carbonyl (C=O) groups excluding carboxylic acids is 1. The first-order valence-electron chi connectivity index (χ1n) is 10.6. The molecule has 2 aromatic heterocycles. The lowest BCUT2D eigenvalue weighted by Crippen LogP contribution is -2.15. The summed E-state index contributed by atoms with van der Waals surface area (Å²) in [6, 6.07) is 18.8. The van der Waals surface area contributed by atoms with Gasteiger partial charge < -0.3 is 5.32 Å². The Balaban J connectivity index is 1.53. The highest BCUT2D eigenvalue weighted by Crippen LogP contribution is 2.28. The van der Waals surface area contributed by atoms with Crippen LogP contribution in [0.3, 0.4) is 0 Å². The fourth-order valence-corrected chi connectivity index (χ4v) is 4.71. The molecule has 0 aliphatic rings. The Morgan fingerprint density at radius 2 is 1.91 bits per heavy atom. The lowest BCUT2D eigenvalue weighted by molar-refractivity contribution is -0.111. The summed E-state index contributed by atoms with van der Waals surface area (Å²) in [5.74, 6) is -0.310. The molecule has 0 saturated heterocycles. The summed E-state index contributed by atoms with van der Waals surface area (Å²) in [6.07, 6.45) is 5.10. The SMILES string of the molecule is CCS(=O)(=O)Nc1ccc(NC(=O)C=Cc2cn(-c3ccccc3)nc2-c2cccs2)cc1C. The van der Waals surface area contributed by atoms with Crippen LogP contribution in [0.5, 0.6) is 0 Å². The van der Waals surface area contributed by atoms with Crippen molar-refractivity contribution in [1.82, 2.24) is 9.78 Å². The number of benzene rings is 2. The largest absolute Gasteiger partial charge is 0.323 e. The minimum Gasteiger partial charge on any atom is -0.323 e. The predicted octanol–water partition coefficient (Wildman–Crippen LogP) is 5.32. The summed E-state index contributed by atoms with van der Waals surface area (Å²) in [5.41, 5.74) is 4.32. The van der Waals surface area contributed by atoms with Gasteiger partial charge in [0.15, 0.2) is 0 Å². The lowest BCUT2D eigenvalue weighted by atomic mass is 10.2. The minimum atomic E-state index is -3.37. The maximum absolute atomic E-state index is 12.6. The number of sulfonamides is 1. The second kappa shape index (κ2) is 10.1. The van der Waals surface area contributed by atoms with Crippen molar-refractivity contribution in [2.75, 3.05) is 15.8 Å². The number of nitrogens with zero attached hydrogens (tertiary/aromatic N) is 2. The van der Waals surface area contributed by atoms with E-state index in [2.05, 4.69) is 10.0 Å². The molecule has 1 amide bonds. The smallest absolute Gasteiger partial charge is 0.248 e. The molecule has 2 N–H and O–H groups in total. The van der Waals surface area contributed by atoms with Crippen molar-refractivity contribution in [2.24, 2.45) is 0 Å². The molecule has 0 bridgehead atoms. The number of rotatable bonds is 8. The van der Waals surface area contributed by atoms with Gasteiger partial charge in [-0.1, -0.05) is 24.3 Å². The van der Waals surface area contributed by atoms with Crippen LogP contribution in [0, 0.1) is 6.92 Å². The number of nitrogens with one attached hydrogen (secondary N) is 2. The third-order valence-corrected chi connectivity index (χ3v) is 7.24. The van der Waals surface area contributed by atoms with E-state index >= 15 is 0 Å². The molecule has 4 rings (SSSR count). The van der Waals surface area contributed by atoms with E-state index in [1.807, 2.05) is 54.0 Å². The summed E-state index contributed by atoms with van der Waals surface area (Å²) in [7, 11) is -3.37. The molecule has 0 atom stereocenters. The van der Waals surface area contributed by atoms with Crippen LogP contribution in [0.1, 0.15) is 18.1 Å². The average Bonchev–Trinajstić information content (AvgIpc) is 3.50. The standard InChI is InChI=1S/C25H24N4O3S2/c1-3-34(31,32)28-22-13-12-20(16-18(22)2)26-24(30)14-11-19-17-29(21-8-5-4-6-9-21)27-25(19)23-10-7-15-33-23/h4-17,28H,3H2,1-2H3,(H,26,30). The summed E-state index contributed by atoms with van der Waals surface area (Å²) in [4.78, 5) is 13.6. The molecule has 0 aliphatic carbocycles. The van der Waals surface area contributed by atoms with Crippen LogP contribution in [0.15, 0.2) is 78.3 Å². The van der Waals surface area contributed by atoms with E-state index in [0.29, 0.717) is 16.9 Å². The summed E-state index contributed by atoms with van der Waals surface area (Å²) in [5, 5.41) is 9.54. The van der Waals surface area contributed by atoms with Gasteiger partial charge in [0.05, 0.1) is 22.0 Å². The number of anilines is 2. The highest BCUT2D eigenvalue weighted by atomic mass is 32.2. The van der Waals surface area contributed by atoms with E-state index in [4.69, 9.17) is 5.10 Å². The summed E-state index contributed by atoms with van der Waals surface area (Å²) < 4.78 is 28.0. The molecule has 0 fully saturated rings. The van der Waals surface area contributed by atoms with E-state index in [0.717, 1.165) is 21.8 Å². The number of aromatic nitrogens is 2. The maximum Gasteiger partial charge on any atom is 0.248 e. The highest BCUT2D eigenvalue weighted by molar-refractivity contribution is 7.92. The normalized spacial score (nSPS) is 11.6. The van der Waals surface area contributed by atoms with E-state index in [1.165, 1.54) is 6.08 Å². The van der Waals surface area contributed by atoms with E-state index in [-0.39, 0.29) is 11.7 Å². The molecule has 2 aromatic carbocycles. The van der Waals surface area contributed by atoms with Crippen molar-refractivity contribution in [3.8, 4) is 16.3 Å². The highest BCUT2D eigenvalue weighted by Gasteiger charge is 2.12. The molecule has 0 spiro atoms. The second-order valence-electron chi connectivity index (χ2n) is 7.55. The van der Waals surface area contributed by atoms with Crippen LogP contribution in [-0.2, 0) is 14.8 Å². The van der Waals surface area contributed by atoms with Crippen LogP contribution < -0.4 is 10.0 Å². The van der Waals surface area contributed by atoms with Crippen molar-refractivity contribution in [3.05, 3.63) is 89.4 Å². The molecule has 34 heavy (non-hydrogen) atoms. The maximum atomic E-state index is 12.6. The van der Waals surface area contributed by atoms with Crippen LogP contribution in [0.4, 0.5) is 11.4 Å². The monoisotopic (exact) mass is 492 g/mol. The Labute approximate surface area is 202 Å². The number of amides is 1. The first-order valence-corrected chi connectivity index (χ1v) is 13.2. The average molecular weight is 493 g/mol. The van der Waals surface area contributed by atoms with Crippen LogP contribution in [0.25, 0.3) is 22.3 Å². The van der Waals surface area contributed by atoms with Crippen molar-refractivity contribution in [3.63, 3.8) is 0 Å². The zero-order valence-electron chi connectivity index (χ0n) is 18.7. The molecule has 2 heterocycles. The number of carbonyl (C=O) groups is 1. The number of hydrogen-bond donors (Lipinski definition) is 2. The Hall–Kier alpha value is -3.69. The van der Waals surface area contributed by atoms with Gasteiger partial charge in [-0.05, 0) is 67.3 Å². The van der Waals surface area contributed by atoms with Crippen LogP contribution in [-0.4, -0.2) is 29.9 Å². The molecular formula is C25H24N4O3S2. The Kier molecular flexibility index (Phi) is 6.95. The van der Waals surface area contributed by atoms with Gasteiger partial charge in [-0.2, -0.15) is 5.10 Å². The van der Waals surface area contributed by atoms with Crippen molar-refractivity contribution >= 4 is 44.7 Å². The summed E-state index contributed by atoms with van der Waals surface area (Å²) in [6.45, 7) is 3.36. The molecule has 0 saturated carbocycles. The molecule has 9 heteroatoms. The van der Waals surface area contributed by atoms with Gasteiger partial charge >= 0.3 is 0 Å². The number of hydrogen-bond acceptors (Lipinski definition) is 5. The van der Waals surface area contributed by atoms with Gasteiger partial charge in [-0.15, -0.1) is 11.3 Å². The van der Waals surface area contributed by atoms with Crippen molar-refractivity contribution < 1.29 is 13.2 Å². The number of para-hydroxylation sites is 1. The van der Waals surface area contributed by atoms with Gasteiger partial charge in [-0.25, -0.2) is 13.1 Å². The van der Waals surface area contributed by atoms with Gasteiger partial charge in [0.2, 0.25) is 15.9 Å². The molecule has 7 nitrogen and oxygen atoms in total. The lowest BCUT2D eigenvalue weighted by Gasteiger charge is -2.11. The second-order valence-corrected chi connectivity index (χ2v) is 10.5. The van der Waals surface area contributed by atoms with Gasteiger partial charge in [0.1, 0.15) is 5.69 Å². The fourth-order valence-electron chi connectivity index (χ4n) is 3.27. The van der Waals surface area contributed by atoms with Crippen LogP contribution >= 0.6 is 11.3 Å². The van der Waals surface area contributed by atoms with Gasteiger partial charge in [0.25, 0.3) is 0 Å². The van der Waals surface area contributed by atoms with Crippen LogP contribution in [0.2, 0.25) is 0 Å². The van der Waals surface area contributed by atoms with Gasteiger partial charge in [0, 0.05) is 23.5 Å². The Morgan fingerprint density at radius 3 is 2.59 bits per heavy atom. The molecular weight excluding hydrogens is 468 g/mol. The van der Waals surface area contributed by atoms with E-state index < -0.39 is 10.0 Å². The minimum absolute atomic E-state index is 0.00988. The van der Waals surface area contributed by atoms with E-state index in [1.54, 1.807) is 54.1 Å². The number of thiophene rings is 1. The molecule has 0 unspecified atom stereocenters. The first kappa shape index (κ1) is 23.5.